The quantitative estimate of drug-likeness (QED) is 0.494. The molecule has 34 heavy (non-hydrogen) atoms. The Morgan fingerprint density at radius 1 is 0.941 bits per heavy atom. The SMILES string of the molecule is CC(C)(C)Oc1cccc(C[C@H](NC(=O)OCC2c3ccccc3-c3ccccc32)C(=O)O)c1. The van der Waals surface area contributed by atoms with Crippen LogP contribution >= 0.6 is 0 Å². The smallest absolute Gasteiger partial charge is 0.407 e. The maximum atomic E-state index is 12.6. The van der Waals surface area contributed by atoms with Crippen LogP contribution < -0.4 is 10.1 Å². The highest BCUT2D eigenvalue weighted by Crippen LogP contribution is 2.44. The van der Waals surface area contributed by atoms with E-state index < -0.39 is 18.1 Å². The van der Waals surface area contributed by atoms with Gasteiger partial charge in [-0.15, -0.1) is 0 Å². The van der Waals surface area contributed by atoms with Crippen molar-refractivity contribution in [1.82, 2.24) is 5.32 Å². The van der Waals surface area contributed by atoms with Crippen LogP contribution in [-0.4, -0.2) is 35.4 Å². The number of aliphatic carboxylic acids is 1. The first kappa shape index (κ1) is 23.4. The number of carboxylic acids is 1. The van der Waals surface area contributed by atoms with Gasteiger partial charge in [-0.05, 0) is 60.7 Å². The van der Waals surface area contributed by atoms with E-state index in [4.69, 9.17) is 9.47 Å². The Bertz CT molecular complexity index is 1150. The van der Waals surface area contributed by atoms with Crippen LogP contribution in [0.3, 0.4) is 0 Å². The molecule has 3 aromatic carbocycles. The van der Waals surface area contributed by atoms with Crippen molar-refractivity contribution in [1.29, 1.82) is 0 Å². The first-order valence-corrected chi connectivity index (χ1v) is 11.3. The number of benzene rings is 3. The maximum Gasteiger partial charge on any atom is 0.407 e. The van der Waals surface area contributed by atoms with E-state index in [0.29, 0.717) is 5.75 Å². The second-order valence-electron chi connectivity index (χ2n) is 9.43. The summed E-state index contributed by atoms with van der Waals surface area (Å²) in [4.78, 5) is 24.4. The number of ether oxygens (including phenoxy) is 2. The zero-order valence-electron chi connectivity index (χ0n) is 19.6. The summed E-state index contributed by atoms with van der Waals surface area (Å²) in [5.41, 5.74) is 4.84. The highest BCUT2D eigenvalue weighted by atomic mass is 16.5. The first-order chi connectivity index (χ1) is 16.2. The van der Waals surface area contributed by atoms with E-state index in [1.807, 2.05) is 75.4 Å². The molecule has 0 fully saturated rings. The normalized spacial score (nSPS) is 13.5. The lowest BCUT2D eigenvalue weighted by molar-refractivity contribution is -0.139. The Balaban J connectivity index is 1.41. The highest BCUT2D eigenvalue weighted by molar-refractivity contribution is 5.81. The topological polar surface area (TPSA) is 84.9 Å². The van der Waals surface area contributed by atoms with Gasteiger partial charge in [0, 0.05) is 12.3 Å². The number of hydrogen-bond donors (Lipinski definition) is 2. The van der Waals surface area contributed by atoms with Gasteiger partial charge in [0.05, 0.1) is 0 Å². The van der Waals surface area contributed by atoms with Crippen LogP contribution in [0.25, 0.3) is 11.1 Å². The number of amides is 1. The van der Waals surface area contributed by atoms with Gasteiger partial charge >= 0.3 is 12.1 Å². The van der Waals surface area contributed by atoms with Crippen LogP contribution in [0.1, 0.15) is 43.4 Å². The fourth-order valence-electron chi connectivity index (χ4n) is 4.31. The van der Waals surface area contributed by atoms with Gasteiger partial charge in [-0.3, -0.25) is 0 Å². The molecular formula is C28H29NO5. The summed E-state index contributed by atoms with van der Waals surface area (Å²) >= 11 is 0. The van der Waals surface area contributed by atoms with Crippen molar-refractivity contribution in [2.75, 3.05) is 6.61 Å². The lowest BCUT2D eigenvalue weighted by atomic mass is 9.98. The van der Waals surface area contributed by atoms with Crippen molar-refractivity contribution in [3.05, 3.63) is 89.5 Å². The molecule has 3 aromatic rings. The maximum absolute atomic E-state index is 12.6. The molecule has 1 aliphatic rings. The second kappa shape index (κ2) is 9.59. The summed E-state index contributed by atoms with van der Waals surface area (Å²) in [5.74, 6) is -0.571. The van der Waals surface area contributed by atoms with Crippen LogP contribution in [0.15, 0.2) is 72.8 Å². The number of hydrogen-bond acceptors (Lipinski definition) is 4. The lowest BCUT2D eigenvalue weighted by Crippen LogP contribution is -2.42. The second-order valence-corrected chi connectivity index (χ2v) is 9.43. The Morgan fingerprint density at radius 2 is 1.56 bits per heavy atom. The largest absolute Gasteiger partial charge is 0.488 e. The minimum absolute atomic E-state index is 0.0901. The minimum atomic E-state index is -1.13. The summed E-state index contributed by atoms with van der Waals surface area (Å²) < 4.78 is 11.4. The highest BCUT2D eigenvalue weighted by Gasteiger charge is 2.30. The molecule has 0 aromatic heterocycles. The van der Waals surface area contributed by atoms with Crippen molar-refractivity contribution in [2.24, 2.45) is 0 Å². The Hall–Kier alpha value is -3.80. The van der Waals surface area contributed by atoms with E-state index in [2.05, 4.69) is 17.4 Å². The number of alkyl carbamates (subject to hydrolysis) is 1. The molecule has 1 atom stereocenters. The number of fused-ring (bicyclic) bond motifs is 3. The third-order valence-corrected chi connectivity index (χ3v) is 5.70. The fourth-order valence-corrected chi connectivity index (χ4v) is 4.31. The van der Waals surface area contributed by atoms with E-state index in [1.54, 1.807) is 6.07 Å². The molecule has 0 unspecified atom stereocenters. The van der Waals surface area contributed by atoms with Gasteiger partial charge in [0.25, 0.3) is 0 Å². The predicted octanol–water partition coefficient (Wildman–Crippen LogP) is 5.40. The van der Waals surface area contributed by atoms with Crippen molar-refractivity contribution < 1.29 is 24.2 Å². The monoisotopic (exact) mass is 459 g/mol. The van der Waals surface area contributed by atoms with Gasteiger partial charge in [0.2, 0.25) is 0 Å². The third kappa shape index (κ3) is 5.39. The average Bonchev–Trinajstić information content (AvgIpc) is 3.10. The van der Waals surface area contributed by atoms with Gasteiger partial charge in [-0.2, -0.15) is 0 Å². The summed E-state index contributed by atoms with van der Waals surface area (Å²) in [7, 11) is 0. The van der Waals surface area contributed by atoms with Crippen molar-refractivity contribution in [3.63, 3.8) is 0 Å². The van der Waals surface area contributed by atoms with E-state index in [9.17, 15) is 14.7 Å². The molecule has 0 spiro atoms. The number of nitrogens with one attached hydrogen (secondary N) is 1. The molecule has 0 saturated carbocycles. The lowest BCUT2D eigenvalue weighted by Gasteiger charge is -2.22. The number of carbonyl (C=O) groups excluding carboxylic acids is 1. The Kier molecular flexibility index (Phi) is 6.59. The average molecular weight is 460 g/mol. The van der Waals surface area contributed by atoms with Crippen LogP contribution in [0.2, 0.25) is 0 Å². The Morgan fingerprint density at radius 3 is 2.15 bits per heavy atom. The van der Waals surface area contributed by atoms with Crippen LogP contribution in [0, 0.1) is 0 Å². The van der Waals surface area contributed by atoms with Gasteiger partial charge in [-0.25, -0.2) is 9.59 Å². The van der Waals surface area contributed by atoms with E-state index in [1.165, 1.54) is 0 Å². The molecular weight excluding hydrogens is 430 g/mol. The molecule has 0 bridgehead atoms. The number of carboxylic acid groups (broad SMARTS) is 1. The van der Waals surface area contributed by atoms with Gasteiger partial charge in [0.1, 0.15) is 24.0 Å². The molecule has 0 aliphatic heterocycles. The van der Waals surface area contributed by atoms with Crippen molar-refractivity contribution in [3.8, 4) is 16.9 Å². The summed E-state index contributed by atoms with van der Waals surface area (Å²) in [5, 5.41) is 12.2. The zero-order chi connectivity index (χ0) is 24.3. The summed E-state index contributed by atoms with van der Waals surface area (Å²) in [6.45, 7) is 5.95. The molecule has 4 rings (SSSR count). The van der Waals surface area contributed by atoms with Crippen LogP contribution in [0.5, 0.6) is 5.75 Å². The van der Waals surface area contributed by atoms with E-state index in [-0.39, 0.29) is 24.5 Å². The van der Waals surface area contributed by atoms with E-state index in [0.717, 1.165) is 27.8 Å². The number of rotatable bonds is 7. The molecule has 0 saturated heterocycles. The molecule has 1 amide bonds. The molecule has 6 heteroatoms. The Labute approximate surface area is 199 Å². The predicted molar refractivity (Wildman–Crippen MR) is 130 cm³/mol. The minimum Gasteiger partial charge on any atom is -0.488 e. The molecule has 6 nitrogen and oxygen atoms in total. The summed E-state index contributed by atoms with van der Waals surface area (Å²) in [6, 6.07) is 22.2. The fraction of sp³-hybridized carbons (Fsp3) is 0.286. The number of carbonyl (C=O) groups is 2. The van der Waals surface area contributed by atoms with Crippen molar-refractivity contribution in [2.45, 2.75) is 44.8 Å². The molecule has 0 radical (unpaired) electrons. The molecule has 176 valence electrons. The first-order valence-electron chi connectivity index (χ1n) is 11.3. The van der Waals surface area contributed by atoms with E-state index >= 15 is 0 Å². The van der Waals surface area contributed by atoms with Crippen LogP contribution in [-0.2, 0) is 16.0 Å². The van der Waals surface area contributed by atoms with Crippen molar-refractivity contribution >= 4 is 12.1 Å². The standard InChI is InChI=1S/C28H29NO5/c1-28(2,3)34-19-10-8-9-18(15-19)16-25(26(30)31)29-27(32)33-17-24-22-13-6-4-11-20(22)21-12-5-7-14-23(21)24/h4-15,24-25H,16-17H2,1-3H3,(H,29,32)(H,30,31)/t25-/m0/s1. The molecule has 2 N–H and O–H groups in total. The third-order valence-electron chi connectivity index (χ3n) is 5.70. The summed E-state index contributed by atoms with van der Waals surface area (Å²) in [6.07, 6.45) is -0.641. The molecule has 1 aliphatic carbocycles. The van der Waals surface area contributed by atoms with Crippen LogP contribution in [0.4, 0.5) is 4.79 Å². The zero-order valence-corrected chi connectivity index (χ0v) is 19.6. The molecule has 0 heterocycles. The van der Waals surface area contributed by atoms with Gasteiger partial charge < -0.3 is 19.9 Å². The van der Waals surface area contributed by atoms with Gasteiger partial charge in [-0.1, -0.05) is 60.7 Å². The van der Waals surface area contributed by atoms with Gasteiger partial charge in [0.15, 0.2) is 0 Å².